The molecule has 0 saturated carbocycles. The molecular weight excluding hydrogens is 281 g/mol. The molecule has 0 unspecified atom stereocenters. The van der Waals surface area contributed by atoms with Crippen molar-refractivity contribution < 1.29 is 23.1 Å². The monoisotopic (exact) mass is 296 g/mol. The molecule has 0 aliphatic carbocycles. The van der Waals surface area contributed by atoms with Crippen LogP contribution >= 0.6 is 0 Å². The standard InChI is InChI=1S/C9H7F3O2.C7H8/c10-9(11,12)7-3-1-2-6(4-7)5-8(13)14;1-7-5-3-2-4-6-7/h1-4H,5H2,(H,13,14);2-6H,1H3. The zero-order chi connectivity index (χ0) is 15.9. The van der Waals surface area contributed by atoms with Crippen LogP contribution in [0.4, 0.5) is 13.2 Å². The van der Waals surface area contributed by atoms with E-state index in [0.29, 0.717) is 0 Å². The fraction of sp³-hybridized carbons (Fsp3) is 0.188. The topological polar surface area (TPSA) is 37.3 Å². The molecule has 0 atom stereocenters. The largest absolute Gasteiger partial charge is 0.481 e. The molecule has 0 saturated heterocycles. The first kappa shape index (κ1) is 16.8. The van der Waals surface area contributed by atoms with Crippen molar-refractivity contribution >= 4 is 5.97 Å². The molecule has 0 bridgehead atoms. The first-order chi connectivity index (χ1) is 9.79. The van der Waals surface area contributed by atoms with Gasteiger partial charge < -0.3 is 5.11 Å². The fourth-order valence-corrected chi connectivity index (χ4v) is 1.57. The maximum atomic E-state index is 12.2. The number of aryl methyl sites for hydroxylation is 1. The average Bonchev–Trinajstić information content (AvgIpc) is 2.39. The summed E-state index contributed by atoms with van der Waals surface area (Å²) in [4.78, 5) is 10.2. The molecule has 2 aromatic carbocycles. The molecule has 112 valence electrons. The van der Waals surface area contributed by atoms with Crippen LogP contribution in [-0.4, -0.2) is 11.1 Å². The van der Waals surface area contributed by atoms with Gasteiger partial charge in [0.1, 0.15) is 0 Å². The van der Waals surface area contributed by atoms with E-state index in [1.165, 1.54) is 17.7 Å². The third-order valence-corrected chi connectivity index (χ3v) is 2.55. The summed E-state index contributed by atoms with van der Waals surface area (Å²) in [5.74, 6) is -1.15. The Morgan fingerprint density at radius 1 is 1.05 bits per heavy atom. The number of benzene rings is 2. The molecule has 0 fully saturated rings. The van der Waals surface area contributed by atoms with Gasteiger partial charge in [-0.2, -0.15) is 13.2 Å². The third kappa shape index (κ3) is 6.61. The molecular formula is C16H15F3O2. The van der Waals surface area contributed by atoms with Gasteiger partial charge in [-0.25, -0.2) is 0 Å². The first-order valence-corrected chi connectivity index (χ1v) is 6.18. The number of carboxylic acids is 1. The highest BCUT2D eigenvalue weighted by molar-refractivity contribution is 5.70. The summed E-state index contributed by atoms with van der Waals surface area (Å²) in [5, 5.41) is 8.38. The summed E-state index contributed by atoms with van der Waals surface area (Å²) in [7, 11) is 0. The number of carboxylic acid groups (broad SMARTS) is 1. The van der Waals surface area contributed by atoms with Gasteiger partial charge in [-0.05, 0) is 18.6 Å². The number of rotatable bonds is 2. The highest BCUT2D eigenvalue weighted by Gasteiger charge is 2.30. The van der Waals surface area contributed by atoms with Gasteiger partial charge in [-0.15, -0.1) is 0 Å². The summed E-state index contributed by atoms with van der Waals surface area (Å²) in [6.07, 6.45) is -4.82. The van der Waals surface area contributed by atoms with E-state index >= 15 is 0 Å². The minimum atomic E-state index is -4.42. The fourth-order valence-electron chi connectivity index (χ4n) is 1.57. The van der Waals surface area contributed by atoms with Crippen molar-refractivity contribution in [3.8, 4) is 0 Å². The van der Waals surface area contributed by atoms with Crippen LogP contribution in [0, 0.1) is 6.92 Å². The highest BCUT2D eigenvalue weighted by atomic mass is 19.4. The van der Waals surface area contributed by atoms with Crippen LogP contribution in [0.3, 0.4) is 0 Å². The van der Waals surface area contributed by atoms with Crippen LogP contribution in [0.5, 0.6) is 0 Å². The number of hydrogen-bond donors (Lipinski definition) is 1. The maximum Gasteiger partial charge on any atom is 0.416 e. The Bertz CT molecular complexity index is 578. The molecule has 2 aromatic rings. The van der Waals surface area contributed by atoms with E-state index in [2.05, 4.69) is 19.1 Å². The van der Waals surface area contributed by atoms with Crippen molar-refractivity contribution in [3.63, 3.8) is 0 Å². The van der Waals surface area contributed by atoms with Crippen LogP contribution in [-0.2, 0) is 17.4 Å². The van der Waals surface area contributed by atoms with E-state index in [-0.39, 0.29) is 5.56 Å². The molecule has 0 radical (unpaired) electrons. The van der Waals surface area contributed by atoms with Crippen molar-refractivity contribution in [1.29, 1.82) is 0 Å². The normalized spacial score (nSPS) is 10.5. The summed E-state index contributed by atoms with van der Waals surface area (Å²) in [6.45, 7) is 2.08. The van der Waals surface area contributed by atoms with E-state index in [1.807, 2.05) is 18.2 Å². The molecule has 0 amide bonds. The van der Waals surface area contributed by atoms with Gasteiger partial charge in [0.15, 0.2) is 0 Å². The molecule has 1 N–H and O–H groups in total. The van der Waals surface area contributed by atoms with Crippen molar-refractivity contribution in [2.24, 2.45) is 0 Å². The summed E-state index contributed by atoms with van der Waals surface area (Å²) >= 11 is 0. The van der Waals surface area contributed by atoms with Gasteiger partial charge >= 0.3 is 12.1 Å². The van der Waals surface area contributed by atoms with E-state index in [0.717, 1.165) is 12.1 Å². The first-order valence-electron chi connectivity index (χ1n) is 6.18. The molecule has 0 heterocycles. The lowest BCUT2D eigenvalue weighted by molar-refractivity contribution is -0.138. The van der Waals surface area contributed by atoms with Crippen LogP contribution in [0.25, 0.3) is 0 Å². The number of aliphatic carboxylic acids is 1. The predicted molar refractivity (Wildman–Crippen MR) is 74.0 cm³/mol. The van der Waals surface area contributed by atoms with Crippen LogP contribution in [0.15, 0.2) is 54.6 Å². The van der Waals surface area contributed by atoms with Crippen LogP contribution < -0.4 is 0 Å². The minimum absolute atomic E-state index is 0.146. The van der Waals surface area contributed by atoms with E-state index < -0.39 is 24.1 Å². The smallest absolute Gasteiger partial charge is 0.416 e. The van der Waals surface area contributed by atoms with E-state index in [4.69, 9.17) is 5.11 Å². The van der Waals surface area contributed by atoms with Crippen molar-refractivity contribution in [2.75, 3.05) is 0 Å². The summed E-state index contributed by atoms with van der Waals surface area (Å²) < 4.78 is 36.5. The SMILES string of the molecule is Cc1ccccc1.O=C(O)Cc1cccc(C(F)(F)F)c1. The zero-order valence-electron chi connectivity index (χ0n) is 11.4. The van der Waals surface area contributed by atoms with Gasteiger partial charge in [0, 0.05) is 0 Å². The molecule has 0 spiro atoms. The van der Waals surface area contributed by atoms with Gasteiger partial charge in [-0.1, -0.05) is 54.1 Å². The Labute approximate surface area is 120 Å². The molecule has 2 nitrogen and oxygen atoms in total. The molecule has 0 aliphatic heterocycles. The number of hydrogen-bond acceptors (Lipinski definition) is 1. The zero-order valence-corrected chi connectivity index (χ0v) is 11.4. The molecule has 2 rings (SSSR count). The van der Waals surface area contributed by atoms with Gasteiger partial charge in [0.25, 0.3) is 0 Å². The Balaban J connectivity index is 0.000000262. The van der Waals surface area contributed by atoms with Crippen molar-refractivity contribution in [1.82, 2.24) is 0 Å². The summed E-state index contributed by atoms with van der Waals surface area (Å²) in [5.41, 5.74) is 0.645. The lowest BCUT2D eigenvalue weighted by atomic mass is 10.1. The Hall–Kier alpha value is -2.30. The Morgan fingerprint density at radius 2 is 1.67 bits per heavy atom. The molecule has 21 heavy (non-hydrogen) atoms. The average molecular weight is 296 g/mol. The second-order valence-electron chi connectivity index (χ2n) is 4.42. The molecule has 5 heteroatoms. The minimum Gasteiger partial charge on any atom is -0.481 e. The van der Waals surface area contributed by atoms with Crippen LogP contribution in [0.2, 0.25) is 0 Å². The van der Waals surface area contributed by atoms with E-state index in [1.54, 1.807) is 0 Å². The Morgan fingerprint density at radius 3 is 2.10 bits per heavy atom. The lowest BCUT2D eigenvalue weighted by Gasteiger charge is -2.07. The summed E-state index contributed by atoms with van der Waals surface area (Å²) in [6, 6.07) is 14.6. The number of carbonyl (C=O) groups is 1. The quantitative estimate of drug-likeness (QED) is 0.895. The lowest BCUT2D eigenvalue weighted by Crippen LogP contribution is -2.07. The van der Waals surface area contributed by atoms with Gasteiger partial charge in [0.2, 0.25) is 0 Å². The highest BCUT2D eigenvalue weighted by Crippen LogP contribution is 2.29. The number of halogens is 3. The van der Waals surface area contributed by atoms with Gasteiger partial charge in [-0.3, -0.25) is 4.79 Å². The predicted octanol–water partition coefficient (Wildman–Crippen LogP) is 4.33. The molecule has 0 aliphatic rings. The third-order valence-electron chi connectivity index (χ3n) is 2.55. The van der Waals surface area contributed by atoms with Crippen molar-refractivity contribution in [2.45, 2.75) is 19.5 Å². The van der Waals surface area contributed by atoms with Gasteiger partial charge in [0.05, 0.1) is 12.0 Å². The molecule has 0 aromatic heterocycles. The number of alkyl halides is 3. The van der Waals surface area contributed by atoms with Crippen molar-refractivity contribution in [3.05, 3.63) is 71.3 Å². The van der Waals surface area contributed by atoms with E-state index in [9.17, 15) is 18.0 Å². The second-order valence-corrected chi connectivity index (χ2v) is 4.42. The maximum absolute atomic E-state index is 12.2. The Kier molecular flexibility index (Phi) is 5.96. The second kappa shape index (κ2) is 7.47. The van der Waals surface area contributed by atoms with Crippen LogP contribution in [0.1, 0.15) is 16.7 Å².